The molecule has 0 atom stereocenters. The number of ether oxygens (including phenoxy) is 1. The van der Waals surface area contributed by atoms with Crippen molar-refractivity contribution in [2.75, 3.05) is 37.4 Å². The number of nitrogen functional groups attached to an aromatic ring is 1. The monoisotopic (exact) mass is 237 g/mol. The number of hydrogen-bond donors (Lipinski definition) is 2. The normalized spacial score (nSPS) is 18.9. The zero-order valence-corrected chi connectivity index (χ0v) is 10.1. The third-order valence-electron chi connectivity index (χ3n) is 3.19. The van der Waals surface area contributed by atoms with Crippen LogP contribution in [0.3, 0.4) is 0 Å². The molecule has 1 fully saturated rings. The number of nitrogens with two attached hydrogens (primary N) is 1. The van der Waals surface area contributed by atoms with Crippen LogP contribution < -0.4 is 10.6 Å². The second-order valence-corrected chi connectivity index (χ2v) is 4.63. The molecule has 1 aliphatic rings. The Bertz CT molecular complexity index is 378. The smallest absolute Gasteiger partial charge is 0.0865 e. The lowest BCUT2D eigenvalue weighted by atomic mass is 9.94. The van der Waals surface area contributed by atoms with Crippen molar-refractivity contribution in [3.63, 3.8) is 0 Å². The van der Waals surface area contributed by atoms with Crippen molar-refractivity contribution in [3.8, 4) is 0 Å². The molecule has 1 saturated heterocycles. The summed E-state index contributed by atoms with van der Waals surface area (Å²) in [6, 6.07) is 1.86. The Kier molecular flexibility index (Phi) is 3.49. The molecule has 1 aromatic rings. The van der Waals surface area contributed by atoms with Gasteiger partial charge in [-0.1, -0.05) is 0 Å². The van der Waals surface area contributed by atoms with Gasteiger partial charge in [0.15, 0.2) is 0 Å². The van der Waals surface area contributed by atoms with Crippen LogP contribution in [0.15, 0.2) is 18.5 Å². The number of hydrogen-bond acceptors (Lipinski definition) is 5. The van der Waals surface area contributed by atoms with Crippen molar-refractivity contribution in [3.05, 3.63) is 18.5 Å². The summed E-state index contributed by atoms with van der Waals surface area (Å²) in [5.41, 5.74) is 6.71. The SMILES string of the molecule is CN(CC1(O)CCOCC1)c1ccncc1N. The minimum atomic E-state index is -0.678. The summed E-state index contributed by atoms with van der Waals surface area (Å²) in [5.74, 6) is 0. The minimum absolute atomic E-state index is 0.560. The van der Waals surface area contributed by atoms with Crippen LogP contribution in [0.4, 0.5) is 11.4 Å². The molecule has 1 aromatic heterocycles. The van der Waals surface area contributed by atoms with Crippen molar-refractivity contribution in [1.82, 2.24) is 4.98 Å². The zero-order chi connectivity index (χ0) is 12.3. The van der Waals surface area contributed by atoms with E-state index in [0.29, 0.717) is 38.3 Å². The fourth-order valence-electron chi connectivity index (χ4n) is 2.18. The molecule has 0 unspecified atom stereocenters. The third-order valence-corrected chi connectivity index (χ3v) is 3.19. The third kappa shape index (κ3) is 2.87. The van der Waals surface area contributed by atoms with E-state index in [9.17, 15) is 5.11 Å². The van der Waals surface area contributed by atoms with Crippen LogP contribution >= 0.6 is 0 Å². The minimum Gasteiger partial charge on any atom is -0.396 e. The average Bonchev–Trinajstić information content (AvgIpc) is 2.29. The molecule has 5 heteroatoms. The van der Waals surface area contributed by atoms with Crippen LogP contribution in [0, 0.1) is 0 Å². The van der Waals surface area contributed by atoms with E-state index < -0.39 is 5.60 Å². The van der Waals surface area contributed by atoms with Gasteiger partial charge < -0.3 is 20.5 Å². The molecule has 0 bridgehead atoms. The number of aliphatic hydroxyl groups is 1. The number of pyridine rings is 1. The van der Waals surface area contributed by atoms with Crippen LogP contribution in [-0.2, 0) is 4.74 Å². The van der Waals surface area contributed by atoms with E-state index >= 15 is 0 Å². The molecule has 17 heavy (non-hydrogen) atoms. The van der Waals surface area contributed by atoms with Gasteiger partial charge in [-0.15, -0.1) is 0 Å². The van der Waals surface area contributed by atoms with E-state index in [0.717, 1.165) is 5.69 Å². The summed E-state index contributed by atoms with van der Waals surface area (Å²) >= 11 is 0. The van der Waals surface area contributed by atoms with E-state index in [1.54, 1.807) is 12.4 Å². The van der Waals surface area contributed by atoms with Crippen LogP contribution in [0.1, 0.15) is 12.8 Å². The summed E-state index contributed by atoms with van der Waals surface area (Å²) in [4.78, 5) is 5.93. The highest BCUT2D eigenvalue weighted by Gasteiger charge is 2.31. The van der Waals surface area contributed by atoms with Gasteiger partial charge in [-0.3, -0.25) is 4.98 Å². The molecular formula is C12H19N3O2. The fraction of sp³-hybridized carbons (Fsp3) is 0.583. The molecule has 0 aliphatic carbocycles. The molecule has 2 heterocycles. The van der Waals surface area contributed by atoms with E-state index in [2.05, 4.69) is 4.98 Å². The standard InChI is InChI=1S/C12H19N3O2/c1-15(11-2-5-14-8-10(11)13)9-12(16)3-6-17-7-4-12/h2,5,8,16H,3-4,6-7,9,13H2,1H3. The molecule has 0 spiro atoms. The van der Waals surface area contributed by atoms with Crippen LogP contribution in [-0.4, -0.2) is 42.5 Å². The Morgan fingerprint density at radius 2 is 2.24 bits per heavy atom. The maximum absolute atomic E-state index is 10.4. The second-order valence-electron chi connectivity index (χ2n) is 4.63. The van der Waals surface area contributed by atoms with Gasteiger partial charge in [-0.2, -0.15) is 0 Å². The largest absolute Gasteiger partial charge is 0.396 e. The van der Waals surface area contributed by atoms with Gasteiger partial charge in [-0.25, -0.2) is 0 Å². The van der Waals surface area contributed by atoms with Gasteiger partial charge in [0.25, 0.3) is 0 Å². The van der Waals surface area contributed by atoms with Crippen molar-refractivity contribution >= 4 is 11.4 Å². The van der Waals surface area contributed by atoms with Crippen LogP contribution in [0.25, 0.3) is 0 Å². The second kappa shape index (κ2) is 4.89. The van der Waals surface area contributed by atoms with Crippen molar-refractivity contribution in [1.29, 1.82) is 0 Å². The van der Waals surface area contributed by atoms with Gasteiger partial charge in [0.1, 0.15) is 0 Å². The summed E-state index contributed by atoms with van der Waals surface area (Å²) in [5, 5.41) is 10.4. The maximum atomic E-state index is 10.4. The molecule has 0 amide bonds. The van der Waals surface area contributed by atoms with E-state index in [1.807, 2.05) is 18.0 Å². The van der Waals surface area contributed by atoms with Crippen molar-refractivity contribution in [2.45, 2.75) is 18.4 Å². The van der Waals surface area contributed by atoms with Crippen LogP contribution in [0.5, 0.6) is 0 Å². The first-order chi connectivity index (χ1) is 8.11. The fourth-order valence-corrected chi connectivity index (χ4v) is 2.18. The first-order valence-corrected chi connectivity index (χ1v) is 5.81. The molecule has 3 N–H and O–H groups in total. The molecule has 1 aliphatic heterocycles. The maximum Gasteiger partial charge on any atom is 0.0865 e. The van der Waals surface area contributed by atoms with Crippen molar-refractivity contribution in [2.24, 2.45) is 0 Å². The Morgan fingerprint density at radius 3 is 2.88 bits per heavy atom. The lowest BCUT2D eigenvalue weighted by molar-refractivity contribution is -0.0572. The van der Waals surface area contributed by atoms with Crippen molar-refractivity contribution < 1.29 is 9.84 Å². The molecular weight excluding hydrogens is 218 g/mol. The predicted octanol–water partition coefficient (Wildman–Crippen LogP) is 0.641. The number of nitrogens with zero attached hydrogens (tertiary/aromatic N) is 2. The number of rotatable bonds is 3. The van der Waals surface area contributed by atoms with E-state index in [4.69, 9.17) is 10.5 Å². The number of anilines is 2. The van der Waals surface area contributed by atoms with Gasteiger partial charge in [0.2, 0.25) is 0 Å². The Hall–Kier alpha value is -1.33. The lowest BCUT2D eigenvalue weighted by Crippen LogP contribution is -2.45. The first-order valence-electron chi connectivity index (χ1n) is 5.81. The lowest BCUT2D eigenvalue weighted by Gasteiger charge is -2.36. The highest BCUT2D eigenvalue weighted by Crippen LogP contribution is 2.26. The Morgan fingerprint density at radius 1 is 1.53 bits per heavy atom. The zero-order valence-electron chi connectivity index (χ0n) is 10.1. The summed E-state index contributed by atoms with van der Waals surface area (Å²) in [7, 11) is 1.93. The van der Waals surface area contributed by atoms with E-state index in [1.165, 1.54) is 0 Å². The molecule has 94 valence electrons. The highest BCUT2D eigenvalue weighted by molar-refractivity contribution is 5.65. The number of aromatic nitrogens is 1. The number of likely N-dealkylation sites (N-methyl/N-ethyl adjacent to an activating group) is 1. The molecule has 5 nitrogen and oxygen atoms in total. The summed E-state index contributed by atoms with van der Waals surface area (Å²) in [6.45, 7) is 1.80. The first kappa shape index (κ1) is 12.1. The average molecular weight is 237 g/mol. The molecule has 0 radical (unpaired) electrons. The van der Waals surface area contributed by atoms with Gasteiger partial charge in [0, 0.05) is 45.8 Å². The Labute approximate surface area is 101 Å². The molecule has 2 rings (SSSR count). The topological polar surface area (TPSA) is 71.6 Å². The summed E-state index contributed by atoms with van der Waals surface area (Å²) < 4.78 is 5.26. The van der Waals surface area contributed by atoms with Gasteiger partial charge >= 0.3 is 0 Å². The van der Waals surface area contributed by atoms with E-state index in [-0.39, 0.29) is 0 Å². The Balaban J connectivity index is 2.06. The highest BCUT2D eigenvalue weighted by atomic mass is 16.5. The van der Waals surface area contributed by atoms with Crippen LogP contribution in [0.2, 0.25) is 0 Å². The van der Waals surface area contributed by atoms with Gasteiger partial charge in [0.05, 0.1) is 23.2 Å². The predicted molar refractivity (Wildman–Crippen MR) is 66.9 cm³/mol. The quantitative estimate of drug-likeness (QED) is 0.807. The summed E-state index contributed by atoms with van der Waals surface area (Å²) in [6.07, 6.45) is 4.67. The van der Waals surface area contributed by atoms with Gasteiger partial charge in [-0.05, 0) is 6.07 Å². The molecule has 0 saturated carbocycles. The molecule has 0 aromatic carbocycles.